The van der Waals surface area contributed by atoms with Crippen LogP contribution in [0.2, 0.25) is 0 Å². The molecule has 8 nitrogen and oxygen atoms in total. The summed E-state index contributed by atoms with van der Waals surface area (Å²) in [5.74, 6) is 1.54. The molecule has 152 valence electrons. The number of benzene rings is 1. The number of hydrogen-bond donors (Lipinski definition) is 1. The zero-order valence-electron chi connectivity index (χ0n) is 15.9. The first-order chi connectivity index (χ1) is 13.1. The standard InChI is InChI=1S/C19H25N5O3.ClH/c1-27-14-7-5-13(6-8-14)15-10-22(11-16(15)20)18(25)12-24-19(26)23-9-3-2-4-17(23)21-24;/h5-8,15-16H,2-4,9-12,20H2,1H3;1H/t15-,16+;/m0./s1. The number of nitrogens with zero attached hydrogens (tertiary/aromatic N) is 4. The fourth-order valence-electron chi connectivity index (χ4n) is 4.02. The molecule has 0 unspecified atom stereocenters. The van der Waals surface area contributed by atoms with Crippen molar-refractivity contribution in [1.29, 1.82) is 0 Å². The van der Waals surface area contributed by atoms with E-state index in [2.05, 4.69) is 5.10 Å². The molecule has 2 aliphatic rings. The zero-order chi connectivity index (χ0) is 19.0. The lowest BCUT2D eigenvalue weighted by molar-refractivity contribution is -0.131. The lowest BCUT2D eigenvalue weighted by Gasteiger charge is -2.16. The number of carbonyl (C=O) groups excluding carboxylic acids is 1. The monoisotopic (exact) mass is 407 g/mol. The average molecular weight is 408 g/mol. The summed E-state index contributed by atoms with van der Waals surface area (Å²) in [7, 11) is 1.63. The number of ether oxygens (including phenoxy) is 1. The second-order valence-corrected chi connectivity index (χ2v) is 7.31. The van der Waals surface area contributed by atoms with Crippen molar-refractivity contribution in [2.45, 2.75) is 44.3 Å². The fourth-order valence-corrected chi connectivity index (χ4v) is 4.02. The Kier molecular flexibility index (Phi) is 6.10. The molecule has 4 rings (SSSR count). The molecule has 2 N–H and O–H groups in total. The minimum Gasteiger partial charge on any atom is -0.497 e. The molecule has 2 aromatic rings. The van der Waals surface area contributed by atoms with Gasteiger partial charge in [-0.15, -0.1) is 12.4 Å². The maximum absolute atomic E-state index is 12.7. The van der Waals surface area contributed by atoms with E-state index in [1.165, 1.54) is 4.68 Å². The van der Waals surface area contributed by atoms with E-state index in [9.17, 15) is 9.59 Å². The number of fused-ring (bicyclic) bond motifs is 1. The minimum atomic E-state index is -0.187. The third kappa shape index (κ3) is 3.79. The molecule has 1 amide bonds. The predicted octanol–water partition coefficient (Wildman–Crippen LogP) is 0.765. The number of aryl methyl sites for hydroxylation is 1. The largest absolute Gasteiger partial charge is 0.497 e. The summed E-state index contributed by atoms with van der Waals surface area (Å²) in [4.78, 5) is 26.9. The first-order valence-electron chi connectivity index (χ1n) is 9.40. The summed E-state index contributed by atoms with van der Waals surface area (Å²) in [6, 6.07) is 7.66. The van der Waals surface area contributed by atoms with E-state index < -0.39 is 0 Å². The van der Waals surface area contributed by atoms with Crippen molar-refractivity contribution in [3.8, 4) is 5.75 Å². The minimum absolute atomic E-state index is 0. The molecule has 0 bridgehead atoms. The van der Waals surface area contributed by atoms with E-state index in [0.717, 1.165) is 36.4 Å². The lowest BCUT2D eigenvalue weighted by Crippen LogP contribution is -2.37. The molecule has 0 aliphatic carbocycles. The van der Waals surface area contributed by atoms with Crippen LogP contribution in [0.5, 0.6) is 5.75 Å². The van der Waals surface area contributed by atoms with Crippen molar-refractivity contribution < 1.29 is 9.53 Å². The van der Waals surface area contributed by atoms with Crippen LogP contribution in [0.25, 0.3) is 0 Å². The van der Waals surface area contributed by atoms with Crippen molar-refractivity contribution >= 4 is 18.3 Å². The number of aromatic nitrogens is 3. The Hall–Kier alpha value is -2.32. The van der Waals surface area contributed by atoms with Gasteiger partial charge in [0.25, 0.3) is 0 Å². The number of hydrogen-bond acceptors (Lipinski definition) is 5. The Morgan fingerprint density at radius 1 is 1.25 bits per heavy atom. The van der Waals surface area contributed by atoms with Gasteiger partial charge in [0.2, 0.25) is 5.91 Å². The average Bonchev–Trinajstić information content (AvgIpc) is 3.23. The van der Waals surface area contributed by atoms with Gasteiger partial charge in [-0.1, -0.05) is 12.1 Å². The van der Waals surface area contributed by atoms with Gasteiger partial charge in [0.05, 0.1) is 7.11 Å². The number of rotatable bonds is 4. The Labute approximate surface area is 169 Å². The molecule has 1 fully saturated rings. The summed E-state index contributed by atoms with van der Waals surface area (Å²) in [6.45, 7) is 1.70. The molecule has 2 atom stereocenters. The highest BCUT2D eigenvalue weighted by Gasteiger charge is 2.34. The molecular weight excluding hydrogens is 382 g/mol. The van der Waals surface area contributed by atoms with E-state index in [1.807, 2.05) is 24.3 Å². The number of nitrogens with two attached hydrogens (primary N) is 1. The summed E-state index contributed by atoms with van der Waals surface area (Å²) in [6.07, 6.45) is 2.82. The van der Waals surface area contributed by atoms with Gasteiger partial charge in [0.1, 0.15) is 18.1 Å². The van der Waals surface area contributed by atoms with Crippen LogP contribution in [0.1, 0.15) is 30.1 Å². The van der Waals surface area contributed by atoms with Crippen molar-refractivity contribution in [2.75, 3.05) is 20.2 Å². The van der Waals surface area contributed by atoms with Crippen LogP contribution in [0.3, 0.4) is 0 Å². The zero-order valence-corrected chi connectivity index (χ0v) is 16.7. The number of amides is 1. The second-order valence-electron chi connectivity index (χ2n) is 7.31. The van der Waals surface area contributed by atoms with Crippen LogP contribution in [-0.4, -0.2) is 51.4 Å². The van der Waals surface area contributed by atoms with Gasteiger partial charge in [-0.05, 0) is 30.5 Å². The molecule has 0 saturated carbocycles. The first-order valence-corrected chi connectivity index (χ1v) is 9.40. The molecule has 3 heterocycles. The van der Waals surface area contributed by atoms with Gasteiger partial charge < -0.3 is 15.4 Å². The molecule has 0 spiro atoms. The van der Waals surface area contributed by atoms with Crippen LogP contribution < -0.4 is 16.2 Å². The summed E-state index contributed by atoms with van der Waals surface area (Å²) in [5, 5.41) is 4.35. The van der Waals surface area contributed by atoms with Crippen LogP contribution in [0, 0.1) is 0 Å². The number of methoxy groups -OCH3 is 1. The highest BCUT2D eigenvalue weighted by molar-refractivity contribution is 5.85. The second kappa shape index (κ2) is 8.36. The molecule has 9 heteroatoms. The Morgan fingerprint density at radius 2 is 2.00 bits per heavy atom. The molecule has 28 heavy (non-hydrogen) atoms. The molecule has 2 aliphatic heterocycles. The summed E-state index contributed by atoms with van der Waals surface area (Å²) in [5.41, 5.74) is 7.20. The number of carbonyl (C=O) groups is 1. The maximum atomic E-state index is 12.7. The Balaban J connectivity index is 0.00000225. The van der Waals surface area contributed by atoms with Gasteiger partial charge in [0.15, 0.2) is 0 Å². The molecule has 0 radical (unpaired) electrons. The highest BCUT2D eigenvalue weighted by Crippen LogP contribution is 2.28. The van der Waals surface area contributed by atoms with Gasteiger partial charge in [-0.3, -0.25) is 9.36 Å². The quantitative estimate of drug-likeness (QED) is 0.807. The number of likely N-dealkylation sites (tertiary alicyclic amines) is 1. The van der Waals surface area contributed by atoms with Gasteiger partial charge in [0, 0.05) is 38.0 Å². The van der Waals surface area contributed by atoms with Crippen molar-refractivity contribution in [1.82, 2.24) is 19.2 Å². The topological polar surface area (TPSA) is 95.4 Å². The van der Waals surface area contributed by atoms with Crippen LogP contribution in [0.4, 0.5) is 0 Å². The normalized spacial score (nSPS) is 21.1. The third-order valence-corrected chi connectivity index (χ3v) is 5.58. The molecule has 1 aromatic heterocycles. The van der Waals surface area contributed by atoms with E-state index in [4.69, 9.17) is 10.5 Å². The van der Waals surface area contributed by atoms with Crippen LogP contribution >= 0.6 is 12.4 Å². The number of halogens is 1. The molecular formula is C19H26ClN5O3. The summed E-state index contributed by atoms with van der Waals surface area (Å²) < 4.78 is 8.18. The van der Waals surface area contributed by atoms with E-state index >= 15 is 0 Å². The van der Waals surface area contributed by atoms with Gasteiger partial charge in [-0.25, -0.2) is 9.48 Å². The van der Waals surface area contributed by atoms with Gasteiger partial charge in [-0.2, -0.15) is 5.10 Å². The van der Waals surface area contributed by atoms with Crippen LogP contribution in [-0.2, 0) is 24.3 Å². The Bertz CT molecular complexity index is 892. The van der Waals surface area contributed by atoms with Crippen LogP contribution in [0.15, 0.2) is 29.1 Å². The SMILES string of the molecule is COc1ccc([C@@H]2CN(C(=O)Cn3nc4n(c3=O)CCCC4)C[C@H]2N)cc1.Cl. The molecule has 1 aromatic carbocycles. The highest BCUT2D eigenvalue weighted by atomic mass is 35.5. The maximum Gasteiger partial charge on any atom is 0.346 e. The van der Waals surface area contributed by atoms with E-state index in [-0.39, 0.29) is 42.5 Å². The smallest absolute Gasteiger partial charge is 0.346 e. The van der Waals surface area contributed by atoms with Gasteiger partial charge >= 0.3 is 5.69 Å². The van der Waals surface area contributed by atoms with E-state index in [1.54, 1.807) is 16.6 Å². The van der Waals surface area contributed by atoms with Crippen molar-refractivity contribution in [3.05, 3.63) is 46.1 Å². The molecule has 1 saturated heterocycles. The van der Waals surface area contributed by atoms with E-state index in [0.29, 0.717) is 19.6 Å². The van der Waals surface area contributed by atoms with Crippen molar-refractivity contribution in [2.24, 2.45) is 5.73 Å². The Morgan fingerprint density at radius 3 is 2.68 bits per heavy atom. The lowest BCUT2D eigenvalue weighted by atomic mass is 9.95. The fraction of sp³-hybridized carbons (Fsp3) is 0.526. The summed E-state index contributed by atoms with van der Waals surface area (Å²) >= 11 is 0. The first kappa shape index (κ1) is 20.4. The van der Waals surface area contributed by atoms with Crippen molar-refractivity contribution in [3.63, 3.8) is 0 Å². The predicted molar refractivity (Wildman–Crippen MR) is 107 cm³/mol. The third-order valence-electron chi connectivity index (χ3n) is 5.58.